The first kappa shape index (κ1) is 13.1. The zero-order chi connectivity index (χ0) is 13.0. The molecule has 1 amide bonds. The smallest absolute Gasteiger partial charge is 0.291 e. The topological polar surface area (TPSA) is 70.7 Å². The summed E-state index contributed by atoms with van der Waals surface area (Å²) < 4.78 is 0. The van der Waals surface area contributed by atoms with Gasteiger partial charge in [-0.25, -0.2) is 4.98 Å². The summed E-state index contributed by atoms with van der Waals surface area (Å²) in [4.78, 5) is 16.2. The average Bonchev–Trinajstić information content (AvgIpc) is 2.81. The number of rotatable bonds is 4. The highest BCUT2D eigenvalue weighted by atomic mass is 16.2. The Labute approximate surface area is 108 Å². The molecule has 2 atom stereocenters. The number of hydrogen-bond donors (Lipinski definition) is 2. The molecule has 0 aromatic carbocycles. The largest absolute Gasteiger partial charge is 0.346 e. The van der Waals surface area contributed by atoms with E-state index in [0.717, 1.165) is 25.1 Å². The fourth-order valence-corrected chi connectivity index (χ4v) is 2.51. The fourth-order valence-electron chi connectivity index (χ4n) is 2.51. The van der Waals surface area contributed by atoms with Crippen LogP contribution in [-0.2, 0) is 6.42 Å². The number of carbonyl (C=O) groups excluding carboxylic acids is 1. The van der Waals surface area contributed by atoms with E-state index in [2.05, 4.69) is 34.3 Å². The van der Waals surface area contributed by atoms with Gasteiger partial charge in [-0.15, -0.1) is 5.10 Å². The second-order valence-corrected chi connectivity index (χ2v) is 5.20. The number of hydrogen-bond acceptors (Lipinski definition) is 3. The van der Waals surface area contributed by atoms with Crippen molar-refractivity contribution in [3.63, 3.8) is 0 Å². The molecular weight excluding hydrogens is 228 g/mol. The summed E-state index contributed by atoms with van der Waals surface area (Å²) in [5.41, 5.74) is 0. The van der Waals surface area contributed by atoms with Crippen LogP contribution in [0.2, 0.25) is 0 Å². The maximum atomic E-state index is 12.0. The van der Waals surface area contributed by atoms with Gasteiger partial charge in [-0.3, -0.25) is 9.89 Å². The van der Waals surface area contributed by atoms with Crippen LogP contribution in [0, 0.1) is 5.92 Å². The third kappa shape index (κ3) is 3.09. The van der Waals surface area contributed by atoms with Crippen LogP contribution in [0.25, 0.3) is 0 Å². The van der Waals surface area contributed by atoms with Gasteiger partial charge in [-0.2, -0.15) is 0 Å². The summed E-state index contributed by atoms with van der Waals surface area (Å²) in [7, 11) is 0. The molecule has 1 aromatic heterocycles. The number of nitrogens with zero attached hydrogens (tertiary/aromatic N) is 2. The van der Waals surface area contributed by atoms with Crippen LogP contribution >= 0.6 is 0 Å². The molecule has 18 heavy (non-hydrogen) atoms. The predicted octanol–water partition coefficient (Wildman–Crippen LogP) is 2.07. The first-order valence-corrected chi connectivity index (χ1v) is 6.93. The molecule has 2 unspecified atom stereocenters. The van der Waals surface area contributed by atoms with E-state index in [0.29, 0.717) is 5.92 Å². The van der Waals surface area contributed by atoms with Crippen LogP contribution in [-0.4, -0.2) is 27.1 Å². The number of carbonyl (C=O) groups is 1. The summed E-state index contributed by atoms with van der Waals surface area (Å²) in [6, 6.07) is 0.277. The van der Waals surface area contributed by atoms with Gasteiger partial charge in [0.1, 0.15) is 5.82 Å². The third-order valence-corrected chi connectivity index (χ3v) is 3.65. The van der Waals surface area contributed by atoms with Crippen molar-refractivity contribution in [1.29, 1.82) is 0 Å². The highest BCUT2D eigenvalue weighted by Crippen LogP contribution is 2.23. The summed E-state index contributed by atoms with van der Waals surface area (Å²) in [5, 5.41) is 9.85. The fraction of sp³-hybridized carbons (Fsp3) is 0.769. The SMILES string of the molecule is CCCc1nc(C(=O)NC2CCCCC2C)n[nH]1. The summed E-state index contributed by atoms with van der Waals surface area (Å²) in [6.07, 6.45) is 6.56. The van der Waals surface area contributed by atoms with Gasteiger partial charge in [0.2, 0.25) is 5.82 Å². The van der Waals surface area contributed by atoms with Crippen LogP contribution in [0.4, 0.5) is 0 Å². The zero-order valence-corrected chi connectivity index (χ0v) is 11.2. The lowest BCUT2D eigenvalue weighted by Crippen LogP contribution is -2.41. The second-order valence-electron chi connectivity index (χ2n) is 5.20. The molecule has 1 aromatic rings. The Kier molecular flexibility index (Phi) is 4.33. The van der Waals surface area contributed by atoms with Gasteiger partial charge in [0.25, 0.3) is 5.91 Å². The number of amides is 1. The lowest BCUT2D eigenvalue weighted by Gasteiger charge is -2.28. The highest BCUT2D eigenvalue weighted by Gasteiger charge is 2.24. The maximum Gasteiger partial charge on any atom is 0.291 e. The molecule has 5 nitrogen and oxygen atoms in total. The van der Waals surface area contributed by atoms with Crippen LogP contribution < -0.4 is 5.32 Å². The molecule has 1 saturated carbocycles. The molecule has 1 heterocycles. The molecule has 1 fully saturated rings. The highest BCUT2D eigenvalue weighted by molar-refractivity contribution is 5.90. The van der Waals surface area contributed by atoms with Crippen LogP contribution in [0.5, 0.6) is 0 Å². The minimum atomic E-state index is -0.146. The third-order valence-electron chi connectivity index (χ3n) is 3.65. The lowest BCUT2D eigenvalue weighted by atomic mass is 9.86. The van der Waals surface area contributed by atoms with Crippen LogP contribution in [0.3, 0.4) is 0 Å². The molecule has 0 bridgehead atoms. The van der Waals surface area contributed by atoms with Gasteiger partial charge in [0.05, 0.1) is 0 Å². The molecule has 1 aliphatic rings. The Morgan fingerprint density at radius 1 is 1.44 bits per heavy atom. The van der Waals surface area contributed by atoms with E-state index >= 15 is 0 Å². The Morgan fingerprint density at radius 2 is 2.22 bits per heavy atom. The molecular formula is C13H22N4O. The molecule has 5 heteroatoms. The van der Waals surface area contributed by atoms with Crippen molar-refractivity contribution in [1.82, 2.24) is 20.5 Å². The van der Waals surface area contributed by atoms with Gasteiger partial charge in [-0.05, 0) is 25.2 Å². The number of aromatic amines is 1. The molecule has 2 rings (SSSR count). The van der Waals surface area contributed by atoms with E-state index in [-0.39, 0.29) is 17.8 Å². The van der Waals surface area contributed by atoms with Gasteiger partial charge in [0, 0.05) is 12.5 Å². The van der Waals surface area contributed by atoms with Crippen molar-refractivity contribution < 1.29 is 4.79 Å². The Balaban J connectivity index is 1.93. The van der Waals surface area contributed by atoms with Gasteiger partial charge in [-0.1, -0.05) is 26.7 Å². The zero-order valence-electron chi connectivity index (χ0n) is 11.2. The Morgan fingerprint density at radius 3 is 2.94 bits per heavy atom. The predicted molar refractivity (Wildman–Crippen MR) is 69.3 cm³/mol. The first-order chi connectivity index (χ1) is 8.70. The molecule has 0 aliphatic heterocycles. The minimum absolute atomic E-state index is 0.146. The van der Waals surface area contributed by atoms with Crippen LogP contribution in [0.15, 0.2) is 0 Å². The first-order valence-electron chi connectivity index (χ1n) is 6.93. The van der Waals surface area contributed by atoms with Crippen molar-refractivity contribution in [3.8, 4) is 0 Å². The van der Waals surface area contributed by atoms with Crippen molar-refractivity contribution in [2.45, 2.75) is 58.4 Å². The lowest BCUT2D eigenvalue weighted by molar-refractivity contribution is 0.0900. The Bertz CT molecular complexity index is 401. The normalized spacial score (nSPS) is 23.9. The van der Waals surface area contributed by atoms with Gasteiger partial charge >= 0.3 is 0 Å². The molecule has 0 saturated heterocycles. The van der Waals surface area contributed by atoms with Gasteiger partial charge < -0.3 is 5.32 Å². The van der Waals surface area contributed by atoms with Crippen LogP contribution in [0.1, 0.15) is 62.4 Å². The van der Waals surface area contributed by atoms with Gasteiger partial charge in [0.15, 0.2) is 0 Å². The number of nitrogens with one attached hydrogen (secondary N) is 2. The molecule has 2 N–H and O–H groups in total. The molecule has 0 spiro atoms. The van der Waals surface area contributed by atoms with E-state index in [1.807, 2.05) is 0 Å². The number of aryl methyl sites for hydroxylation is 1. The number of aromatic nitrogens is 3. The quantitative estimate of drug-likeness (QED) is 0.859. The summed E-state index contributed by atoms with van der Waals surface area (Å²) in [5.74, 6) is 1.47. The van der Waals surface area contributed by atoms with E-state index < -0.39 is 0 Å². The molecule has 0 radical (unpaired) electrons. The van der Waals surface area contributed by atoms with E-state index in [9.17, 15) is 4.79 Å². The minimum Gasteiger partial charge on any atom is -0.346 e. The van der Waals surface area contributed by atoms with Crippen molar-refractivity contribution in [2.75, 3.05) is 0 Å². The monoisotopic (exact) mass is 250 g/mol. The number of H-pyrrole nitrogens is 1. The maximum absolute atomic E-state index is 12.0. The van der Waals surface area contributed by atoms with Crippen molar-refractivity contribution >= 4 is 5.91 Å². The molecule has 1 aliphatic carbocycles. The van der Waals surface area contributed by atoms with E-state index in [1.165, 1.54) is 19.3 Å². The standard InChI is InChI=1S/C13H22N4O/c1-3-6-11-15-12(17-16-11)13(18)14-10-8-5-4-7-9(10)2/h9-10H,3-8H2,1-2H3,(H,14,18)(H,15,16,17). The van der Waals surface area contributed by atoms with Crippen molar-refractivity contribution in [3.05, 3.63) is 11.6 Å². The Hall–Kier alpha value is -1.39. The summed E-state index contributed by atoms with van der Waals surface area (Å²) >= 11 is 0. The average molecular weight is 250 g/mol. The summed E-state index contributed by atoms with van der Waals surface area (Å²) in [6.45, 7) is 4.27. The van der Waals surface area contributed by atoms with E-state index in [4.69, 9.17) is 0 Å². The second kappa shape index (κ2) is 5.98. The van der Waals surface area contributed by atoms with E-state index in [1.54, 1.807) is 0 Å². The molecule has 100 valence electrons. The van der Waals surface area contributed by atoms with Crippen molar-refractivity contribution in [2.24, 2.45) is 5.92 Å².